The van der Waals surface area contributed by atoms with Gasteiger partial charge < -0.3 is 14.8 Å². The summed E-state index contributed by atoms with van der Waals surface area (Å²) in [5.41, 5.74) is 1.12. The first kappa shape index (κ1) is 17.6. The van der Waals surface area contributed by atoms with E-state index in [2.05, 4.69) is 15.0 Å². The number of nitrogens with zero attached hydrogens (tertiary/aromatic N) is 1. The van der Waals surface area contributed by atoms with Crippen LogP contribution in [-0.2, 0) is 14.3 Å². The topological polar surface area (TPSA) is 77.5 Å². The highest BCUT2D eigenvalue weighted by Gasteiger charge is 2.52. The molecule has 1 aromatic heterocycles. The standard InChI is InChI=1S/C20H19FN2O4.H2/c1-26-20(25)12-2-3-13(21)14(10-12)23-19(24)18-16-5-4-15(27-16)17(18)11-6-8-22-9-7-11;/h2-3,6-10,15-18H,4-5H2,1H3,(H,23,24);1H/t15-,16?,17+,18+;/m0./s1. The van der Waals surface area contributed by atoms with E-state index in [0.29, 0.717) is 0 Å². The number of fused-ring (bicyclic) bond motifs is 2. The predicted molar refractivity (Wildman–Crippen MR) is 96.8 cm³/mol. The fourth-order valence-corrected chi connectivity index (χ4v) is 4.10. The van der Waals surface area contributed by atoms with Crippen LogP contribution in [-0.4, -0.2) is 36.2 Å². The highest BCUT2D eigenvalue weighted by atomic mass is 19.1. The fourth-order valence-electron chi connectivity index (χ4n) is 4.10. The van der Waals surface area contributed by atoms with Crippen molar-refractivity contribution >= 4 is 17.6 Å². The van der Waals surface area contributed by atoms with Crippen LogP contribution in [0.3, 0.4) is 0 Å². The number of pyridine rings is 1. The lowest BCUT2D eigenvalue weighted by molar-refractivity contribution is -0.121. The van der Waals surface area contributed by atoms with Crippen molar-refractivity contribution in [1.82, 2.24) is 4.98 Å². The summed E-state index contributed by atoms with van der Waals surface area (Å²) >= 11 is 0. The van der Waals surface area contributed by atoms with Crippen molar-refractivity contribution in [1.29, 1.82) is 0 Å². The van der Waals surface area contributed by atoms with Gasteiger partial charge in [-0.05, 0) is 48.7 Å². The molecule has 7 heteroatoms. The molecule has 6 nitrogen and oxygen atoms in total. The molecule has 2 aliphatic heterocycles. The van der Waals surface area contributed by atoms with Crippen molar-refractivity contribution in [2.75, 3.05) is 12.4 Å². The minimum atomic E-state index is -0.611. The maximum Gasteiger partial charge on any atom is 0.337 e. The van der Waals surface area contributed by atoms with Crippen LogP contribution >= 0.6 is 0 Å². The molecule has 0 radical (unpaired) electrons. The Bertz CT molecular complexity index is 880. The molecule has 0 spiro atoms. The third-order valence-electron chi connectivity index (χ3n) is 5.31. The number of anilines is 1. The lowest BCUT2D eigenvalue weighted by atomic mass is 9.75. The summed E-state index contributed by atoms with van der Waals surface area (Å²) in [7, 11) is 1.25. The minimum Gasteiger partial charge on any atom is -0.465 e. The number of ether oxygens (including phenoxy) is 2. The average molecular weight is 372 g/mol. The third kappa shape index (κ3) is 3.19. The van der Waals surface area contributed by atoms with Gasteiger partial charge in [0, 0.05) is 19.7 Å². The number of hydrogen-bond acceptors (Lipinski definition) is 5. The van der Waals surface area contributed by atoms with E-state index in [1.807, 2.05) is 12.1 Å². The SMILES string of the molecule is COC(=O)c1ccc(F)c(NC(=O)[C@@H]2C3CC[C@H](O3)[C@H]2c2ccncc2)c1.[HH]. The van der Waals surface area contributed by atoms with Gasteiger partial charge >= 0.3 is 5.97 Å². The third-order valence-corrected chi connectivity index (χ3v) is 5.31. The first-order valence-corrected chi connectivity index (χ1v) is 8.82. The van der Waals surface area contributed by atoms with Crippen molar-refractivity contribution < 1.29 is 24.9 Å². The van der Waals surface area contributed by atoms with Gasteiger partial charge in [0.15, 0.2) is 0 Å². The number of amides is 1. The quantitative estimate of drug-likeness (QED) is 0.835. The number of aromatic nitrogens is 1. The summed E-state index contributed by atoms with van der Waals surface area (Å²) in [5.74, 6) is -2.04. The number of carbonyl (C=O) groups is 2. The zero-order chi connectivity index (χ0) is 19.0. The monoisotopic (exact) mass is 372 g/mol. The molecule has 2 fully saturated rings. The van der Waals surface area contributed by atoms with Crippen LogP contribution in [0.2, 0.25) is 0 Å². The number of rotatable bonds is 4. The van der Waals surface area contributed by atoms with Crippen LogP contribution in [0.1, 0.15) is 36.1 Å². The molecule has 2 saturated heterocycles. The summed E-state index contributed by atoms with van der Waals surface area (Å²) in [6, 6.07) is 7.51. The number of nitrogens with one attached hydrogen (secondary N) is 1. The van der Waals surface area contributed by atoms with Gasteiger partial charge in [0.1, 0.15) is 5.82 Å². The van der Waals surface area contributed by atoms with E-state index in [0.717, 1.165) is 24.5 Å². The summed E-state index contributed by atoms with van der Waals surface area (Å²) < 4.78 is 24.8. The van der Waals surface area contributed by atoms with Gasteiger partial charge in [0.05, 0.1) is 36.5 Å². The maximum atomic E-state index is 14.2. The van der Waals surface area contributed by atoms with Gasteiger partial charge in [0.2, 0.25) is 5.91 Å². The fraction of sp³-hybridized carbons (Fsp3) is 0.350. The largest absolute Gasteiger partial charge is 0.465 e. The van der Waals surface area contributed by atoms with Crippen LogP contribution in [0.5, 0.6) is 0 Å². The van der Waals surface area contributed by atoms with E-state index in [4.69, 9.17) is 4.74 Å². The summed E-state index contributed by atoms with van der Waals surface area (Å²) in [6.07, 6.45) is 4.85. The number of halogens is 1. The van der Waals surface area contributed by atoms with E-state index in [1.165, 1.54) is 19.2 Å². The lowest BCUT2D eigenvalue weighted by Gasteiger charge is -2.27. The van der Waals surface area contributed by atoms with Gasteiger partial charge in [-0.2, -0.15) is 0 Å². The van der Waals surface area contributed by atoms with Gasteiger partial charge in [-0.25, -0.2) is 9.18 Å². The second kappa shape index (κ2) is 7.08. The first-order chi connectivity index (χ1) is 13.1. The Labute approximate surface area is 157 Å². The number of methoxy groups -OCH3 is 1. The molecule has 3 heterocycles. The minimum absolute atomic E-state index is 0. The van der Waals surface area contributed by atoms with Gasteiger partial charge in [0.25, 0.3) is 0 Å². The van der Waals surface area contributed by atoms with E-state index >= 15 is 0 Å². The van der Waals surface area contributed by atoms with Crippen molar-refractivity contribution in [2.24, 2.45) is 5.92 Å². The number of hydrogen-bond donors (Lipinski definition) is 1. The molecule has 27 heavy (non-hydrogen) atoms. The van der Waals surface area contributed by atoms with E-state index in [-0.39, 0.29) is 36.7 Å². The number of carbonyl (C=O) groups excluding carboxylic acids is 2. The molecular weight excluding hydrogens is 351 g/mol. The Balaban J connectivity index is 0.00000225. The molecule has 1 N–H and O–H groups in total. The molecule has 1 unspecified atom stereocenters. The van der Waals surface area contributed by atoms with Crippen LogP contribution in [0.15, 0.2) is 42.7 Å². The molecule has 2 aliphatic rings. The van der Waals surface area contributed by atoms with Crippen molar-refractivity contribution in [3.63, 3.8) is 0 Å². The van der Waals surface area contributed by atoms with Crippen LogP contribution in [0.25, 0.3) is 0 Å². The second-order valence-electron chi connectivity index (χ2n) is 6.80. The number of esters is 1. The molecule has 1 amide bonds. The van der Waals surface area contributed by atoms with Crippen molar-refractivity contribution in [3.8, 4) is 0 Å². The average Bonchev–Trinajstić information content (AvgIpc) is 3.31. The molecule has 4 rings (SSSR count). The molecule has 2 bridgehead atoms. The smallest absolute Gasteiger partial charge is 0.337 e. The van der Waals surface area contributed by atoms with Crippen LogP contribution < -0.4 is 5.32 Å². The predicted octanol–water partition coefficient (Wildman–Crippen LogP) is 3.15. The Morgan fingerprint density at radius 1 is 1.22 bits per heavy atom. The molecule has 0 saturated carbocycles. The lowest BCUT2D eigenvalue weighted by Crippen LogP contribution is -2.36. The number of benzene rings is 1. The normalized spacial score (nSPS) is 26.0. The molecule has 4 atom stereocenters. The van der Waals surface area contributed by atoms with E-state index in [1.54, 1.807) is 12.4 Å². The van der Waals surface area contributed by atoms with Crippen molar-refractivity contribution in [2.45, 2.75) is 31.0 Å². The second-order valence-corrected chi connectivity index (χ2v) is 6.80. The summed E-state index contributed by atoms with van der Waals surface area (Å²) in [5, 5.41) is 2.64. The van der Waals surface area contributed by atoms with Crippen molar-refractivity contribution in [3.05, 3.63) is 59.7 Å². The zero-order valence-electron chi connectivity index (χ0n) is 14.7. The first-order valence-electron chi connectivity index (χ1n) is 8.82. The molecule has 0 aliphatic carbocycles. The summed E-state index contributed by atoms with van der Waals surface area (Å²) in [4.78, 5) is 28.7. The zero-order valence-corrected chi connectivity index (χ0v) is 14.7. The van der Waals surface area contributed by atoms with Gasteiger partial charge in [-0.3, -0.25) is 9.78 Å². The van der Waals surface area contributed by atoms with E-state index in [9.17, 15) is 14.0 Å². The Morgan fingerprint density at radius 2 is 1.96 bits per heavy atom. The highest BCUT2D eigenvalue weighted by molar-refractivity contribution is 5.96. The Morgan fingerprint density at radius 3 is 2.70 bits per heavy atom. The van der Waals surface area contributed by atoms with Gasteiger partial charge in [-0.1, -0.05) is 0 Å². The van der Waals surface area contributed by atoms with Gasteiger partial charge in [-0.15, -0.1) is 0 Å². The Kier molecular flexibility index (Phi) is 4.61. The van der Waals surface area contributed by atoms with Crippen LogP contribution in [0, 0.1) is 11.7 Å². The highest BCUT2D eigenvalue weighted by Crippen LogP contribution is 2.49. The molecular formula is C20H21FN2O4. The van der Waals surface area contributed by atoms with E-state index < -0.39 is 17.7 Å². The Hall–Kier alpha value is -2.80. The molecule has 2 aromatic rings. The molecule has 1 aromatic carbocycles. The molecule has 142 valence electrons. The summed E-state index contributed by atoms with van der Waals surface area (Å²) in [6.45, 7) is 0. The van der Waals surface area contributed by atoms with Crippen LogP contribution in [0.4, 0.5) is 10.1 Å². The maximum absolute atomic E-state index is 14.2.